The lowest BCUT2D eigenvalue weighted by atomic mass is 9.54. The molecule has 1 aliphatic rings. The molecule has 25 heavy (non-hydrogen) atoms. The smallest absolute Gasteiger partial charge is 0.247 e. The standard InChI is InChI=1S/C17H21ClN4O2S/c1-4-24-12-9-17(19,16(12,2)3)14(23)20-15-22-21-13(25-15)10-6-5-7-11(18)8-10/h5-8,12H,4,9,19H2,1-3H3,(H,20,22,23). The number of nitrogens with one attached hydrogen (secondary N) is 1. The largest absolute Gasteiger partial charge is 0.378 e. The highest BCUT2D eigenvalue weighted by molar-refractivity contribution is 7.18. The van der Waals surface area contributed by atoms with Crippen LogP contribution in [-0.2, 0) is 9.53 Å². The van der Waals surface area contributed by atoms with Crippen molar-refractivity contribution in [3.05, 3.63) is 29.3 Å². The van der Waals surface area contributed by atoms with E-state index in [1.807, 2.05) is 32.9 Å². The molecule has 3 rings (SSSR count). The predicted octanol–water partition coefficient (Wildman–Crippen LogP) is 3.33. The number of rotatable bonds is 5. The van der Waals surface area contributed by atoms with Crippen molar-refractivity contribution in [1.82, 2.24) is 10.2 Å². The third kappa shape index (κ3) is 3.17. The Morgan fingerprint density at radius 3 is 2.88 bits per heavy atom. The zero-order chi connectivity index (χ0) is 18.2. The number of benzene rings is 1. The fraction of sp³-hybridized carbons (Fsp3) is 0.471. The van der Waals surface area contributed by atoms with Gasteiger partial charge in [-0.25, -0.2) is 0 Å². The molecule has 0 aliphatic heterocycles. The highest BCUT2D eigenvalue weighted by Gasteiger charge is 2.63. The van der Waals surface area contributed by atoms with E-state index >= 15 is 0 Å². The maximum atomic E-state index is 12.7. The van der Waals surface area contributed by atoms with Crippen molar-refractivity contribution in [2.45, 2.75) is 38.8 Å². The van der Waals surface area contributed by atoms with E-state index < -0.39 is 11.0 Å². The van der Waals surface area contributed by atoms with Gasteiger partial charge in [-0.1, -0.05) is 48.9 Å². The molecule has 1 amide bonds. The summed E-state index contributed by atoms with van der Waals surface area (Å²) in [5.74, 6) is -0.262. The molecule has 0 bridgehead atoms. The number of ether oxygens (including phenoxy) is 1. The highest BCUT2D eigenvalue weighted by atomic mass is 35.5. The molecule has 1 aliphatic carbocycles. The van der Waals surface area contributed by atoms with Crippen molar-refractivity contribution in [2.24, 2.45) is 11.1 Å². The first-order chi connectivity index (χ1) is 11.8. The third-order valence-electron chi connectivity index (χ3n) is 4.95. The predicted molar refractivity (Wildman–Crippen MR) is 99.7 cm³/mol. The lowest BCUT2D eigenvalue weighted by molar-refractivity contribution is -0.166. The van der Waals surface area contributed by atoms with Crippen LogP contribution in [0.5, 0.6) is 0 Å². The Balaban J connectivity index is 1.72. The SMILES string of the molecule is CCOC1CC(N)(C(=O)Nc2nnc(-c3cccc(Cl)c3)s2)C1(C)C. The summed E-state index contributed by atoms with van der Waals surface area (Å²) in [4.78, 5) is 12.7. The van der Waals surface area contributed by atoms with E-state index in [9.17, 15) is 4.79 Å². The zero-order valence-electron chi connectivity index (χ0n) is 14.4. The molecule has 1 fully saturated rings. The number of anilines is 1. The van der Waals surface area contributed by atoms with Crippen LogP contribution in [0.1, 0.15) is 27.2 Å². The molecule has 1 heterocycles. The number of hydrogen-bond acceptors (Lipinski definition) is 6. The number of halogens is 1. The van der Waals surface area contributed by atoms with Gasteiger partial charge in [-0.2, -0.15) is 0 Å². The Hall–Kier alpha value is -1.54. The Morgan fingerprint density at radius 1 is 1.48 bits per heavy atom. The molecule has 2 aromatic rings. The summed E-state index contributed by atoms with van der Waals surface area (Å²) in [7, 11) is 0. The van der Waals surface area contributed by atoms with Gasteiger partial charge in [0.2, 0.25) is 11.0 Å². The van der Waals surface area contributed by atoms with Gasteiger partial charge in [-0.05, 0) is 19.1 Å². The van der Waals surface area contributed by atoms with Crippen LogP contribution < -0.4 is 11.1 Å². The maximum Gasteiger partial charge on any atom is 0.247 e. The van der Waals surface area contributed by atoms with Crippen molar-refractivity contribution in [3.63, 3.8) is 0 Å². The summed E-state index contributed by atoms with van der Waals surface area (Å²) in [6.07, 6.45) is 0.462. The first kappa shape index (κ1) is 18.3. The Morgan fingerprint density at radius 2 is 2.24 bits per heavy atom. The fourth-order valence-electron chi connectivity index (χ4n) is 3.04. The van der Waals surface area contributed by atoms with Gasteiger partial charge in [0.25, 0.3) is 0 Å². The summed E-state index contributed by atoms with van der Waals surface area (Å²) in [5.41, 5.74) is 5.79. The van der Waals surface area contributed by atoms with Gasteiger partial charge in [0, 0.05) is 29.0 Å². The molecular weight excluding hydrogens is 360 g/mol. The van der Waals surface area contributed by atoms with E-state index in [-0.39, 0.29) is 12.0 Å². The first-order valence-corrected chi connectivity index (χ1v) is 9.29. The first-order valence-electron chi connectivity index (χ1n) is 8.09. The van der Waals surface area contributed by atoms with E-state index in [1.54, 1.807) is 12.1 Å². The normalized spacial score (nSPS) is 24.6. The number of nitrogens with zero attached hydrogens (tertiary/aromatic N) is 2. The summed E-state index contributed by atoms with van der Waals surface area (Å²) in [6, 6.07) is 7.33. The molecule has 0 saturated heterocycles. The van der Waals surface area contributed by atoms with Crippen molar-refractivity contribution < 1.29 is 9.53 Å². The van der Waals surface area contributed by atoms with Crippen LogP contribution in [0.4, 0.5) is 5.13 Å². The van der Waals surface area contributed by atoms with E-state index in [1.165, 1.54) is 11.3 Å². The van der Waals surface area contributed by atoms with Crippen molar-refractivity contribution in [1.29, 1.82) is 0 Å². The van der Waals surface area contributed by atoms with Crippen LogP contribution in [0.25, 0.3) is 10.6 Å². The van der Waals surface area contributed by atoms with E-state index in [4.69, 9.17) is 22.1 Å². The monoisotopic (exact) mass is 380 g/mol. The molecule has 0 radical (unpaired) electrons. The zero-order valence-corrected chi connectivity index (χ0v) is 15.9. The van der Waals surface area contributed by atoms with Crippen LogP contribution in [0.3, 0.4) is 0 Å². The molecule has 1 aromatic carbocycles. The summed E-state index contributed by atoms with van der Waals surface area (Å²) < 4.78 is 5.66. The minimum Gasteiger partial charge on any atom is -0.378 e. The van der Waals surface area contributed by atoms with Crippen LogP contribution in [0, 0.1) is 5.41 Å². The summed E-state index contributed by atoms with van der Waals surface area (Å²) >= 11 is 7.29. The van der Waals surface area contributed by atoms with Gasteiger partial charge in [0.1, 0.15) is 10.5 Å². The third-order valence-corrected chi connectivity index (χ3v) is 6.08. The van der Waals surface area contributed by atoms with Crippen LogP contribution >= 0.6 is 22.9 Å². The Kier molecular flexibility index (Phi) is 4.85. The van der Waals surface area contributed by atoms with Gasteiger partial charge in [-0.3, -0.25) is 10.1 Å². The highest BCUT2D eigenvalue weighted by Crippen LogP contribution is 2.50. The second kappa shape index (κ2) is 6.64. The lowest BCUT2D eigenvalue weighted by Crippen LogP contribution is -2.74. The molecule has 8 heteroatoms. The van der Waals surface area contributed by atoms with E-state index in [2.05, 4.69) is 15.5 Å². The molecule has 1 aromatic heterocycles. The van der Waals surface area contributed by atoms with Gasteiger partial charge in [0.05, 0.1) is 6.10 Å². The van der Waals surface area contributed by atoms with Gasteiger partial charge >= 0.3 is 0 Å². The van der Waals surface area contributed by atoms with Crippen LogP contribution in [-0.4, -0.2) is 34.4 Å². The maximum absolute atomic E-state index is 12.7. The number of carbonyl (C=O) groups excluding carboxylic acids is 1. The minimum absolute atomic E-state index is 0.0234. The molecule has 2 atom stereocenters. The summed E-state index contributed by atoms with van der Waals surface area (Å²) in [6.45, 7) is 6.44. The minimum atomic E-state index is -0.991. The quantitative estimate of drug-likeness (QED) is 0.830. The number of nitrogens with two attached hydrogens (primary N) is 1. The Bertz CT molecular complexity index is 794. The summed E-state index contributed by atoms with van der Waals surface area (Å²) in [5, 5.41) is 12.7. The molecule has 0 spiro atoms. The van der Waals surface area contributed by atoms with E-state index in [0.717, 1.165) is 5.56 Å². The van der Waals surface area contributed by atoms with E-state index in [0.29, 0.717) is 28.2 Å². The van der Waals surface area contributed by atoms with Crippen molar-refractivity contribution >= 4 is 34.0 Å². The van der Waals surface area contributed by atoms with Gasteiger partial charge < -0.3 is 10.5 Å². The molecule has 134 valence electrons. The average Bonchev–Trinajstić information content (AvgIpc) is 3.03. The number of amides is 1. The molecule has 6 nitrogen and oxygen atoms in total. The van der Waals surface area contributed by atoms with Crippen molar-refractivity contribution in [2.75, 3.05) is 11.9 Å². The Labute approximate surface area is 155 Å². The molecule has 1 saturated carbocycles. The molecular formula is C17H21ClN4O2S. The van der Waals surface area contributed by atoms with Gasteiger partial charge in [-0.15, -0.1) is 10.2 Å². The number of carbonyl (C=O) groups is 1. The van der Waals surface area contributed by atoms with Crippen molar-refractivity contribution in [3.8, 4) is 10.6 Å². The molecule has 2 unspecified atom stereocenters. The lowest BCUT2D eigenvalue weighted by Gasteiger charge is -2.57. The van der Waals surface area contributed by atoms with Gasteiger partial charge in [0.15, 0.2) is 0 Å². The van der Waals surface area contributed by atoms with Crippen LogP contribution in [0.2, 0.25) is 5.02 Å². The van der Waals surface area contributed by atoms with Crippen LogP contribution in [0.15, 0.2) is 24.3 Å². The second-order valence-electron chi connectivity index (χ2n) is 6.72. The average molecular weight is 381 g/mol. The second-order valence-corrected chi connectivity index (χ2v) is 8.13. The molecule has 3 N–H and O–H groups in total. The fourth-order valence-corrected chi connectivity index (χ4v) is 3.97. The topological polar surface area (TPSA) is 90.1 Å². The number of aromatic nitrogens is 2. The number of hydrogen-bond donors (Lipinski definition) is 2.